The molecule has 0 saturated heterocycles. The van der Waals surface area contributed by atoms with E-state index in [0.717, 1.165) is 139 Å². The normalized spacial score (nSPS) is 14.2. The molecule has 2 aromatic rings. The van der Waals surface area contributed by atoms with E-state index in [9.17, 15) is 29.2 Å². The van der Waals surface area contributed by atoms with Crippen LogP contribution in [0, 0.1) is 19.1 Å². The standard InChI is InChI=1S/C34H48N2O4Si.C30H39NO4Si.C18H22O2Si.2CO2/c1-22-27(32(37)39-8)31(35-23-17-13-11-14-18-23)40-29(22)28-25-20-16-12-15-19-24(25)26(21-36(38)33(2,3)4)30(28)41(9,10)34(5,6)7;1-19-24(29(33)34-5)28(31-20-14-10-8-11-15-20)35-26(19)25-22-17-13-9-12-16-21(22)23(18-32)27(25)36(6,7)30(2,3)4;1-18(2,3)21(4,5)17-15(11-19)13-9-7-6-8-10-14(13)16(17)12-20;2*2-1-3/h12,15-16,19-21,23,35H,11,13-14,17-18H2,1-10H3;9,12-13,16-18,20,31H,8,10-11,14-15H2,1-7H3;6-12H,1-5H3;;/b36-21-;;;;. The Morgan fingerprint density at radius 3 is 1.02 bits per heavy atom. The minimum atomic E-state index is -2.29. The van der Waals surface area contributed by atoms with Crippen molar-refractivity contribution in [3.05, 3.63) is 141 Å². The Hall–Kier alpha value is -8.91. The Labute approximate surface area is 618 Å². The molecule has 2 saturated carbocycles. The van der Waals surface area contributed by atoms with E-state index >= 15 is 0 Å². The fourth-order valence-electron chi connectivity index (χ4n) is 13.9. The first kappa shape index (κ1) is 84.0. The SMILES string of the molecule is CC(C)(C)[Si](C)(C)c1c(C=O)c2cccccc-2c1C=O.COC(=O)c1c(NC2CCCCC2)oc(-c2c3cccccc-3c(/C=[N+](\[O-])C(C)(C)C)c2[Si](C)(C)C(C)(C)C)c1C.COC(=O)c1c(NC2CCCCC2)oc(-c2c3cccccc-3c(C=O)c2[Si](C)(C)C(C)(C)C)c1C.O=C=O.O=C=O. The van der Waals surface area contributed by atoms with Crippen molar-refractivity contribution in [1.82, 2.24) is 0 Å². The van der Waals surface area contributed by atoms with E-state index < -0.39 is 41.7 Å². The van der Waals surface area contributed by atoms with Crippen molar-refractivity contribution in [3.63, 3.8) is 0 Å². The average molecular weight is 1470 g/mol. The number of carbonyl (C=O) groups is 5. The molecule has 0 bridgehead atoms. The zero-order valence-electron chi connectivity index (χ0n) is 65.4. The zero-order valence-corrected chi connectivity index (χ0v) is 68.4. The maximum atomic E-state index is 13.5. The lowest BCUT2D eigenvalue weighted by Crippen LogP contribution is -2.51. The van der Waals surface area contributed by atoms with Crippen LogP contribution in [0.3, 0.4) is 0 Å². The van der Waals surface area contributed by atoms with Crippen LogP contribution in [0.4, 0.5) is 11.8 Å². The summed E-state index contributed by atoms with van der Waals surface area (Å²) in [7, 11) is -3.67. The molecule has 20 heteroatoms. The van der Waals surface area contributed by atoms with E-state index in [1.165, 1.54) is 45.1 Å². The number of rotatable bonds is 15. The van der Waals surface area contributed by atoms with Gasteiger partial charge in [-0.15, -0.1) is 0 Å². The number of ether oxygens (including phenoxy) is 2. The van der Waals surface area contributed by atoms with Crippen molar-refractivity contribution < 1.29 is 66.2 Å². The summed E-state index contributed by atoms with van der Waals surface area (Å²) >= 11 is 0. The highest BCUT2D eigenvalue weighted by atomic mass is 28.3. The van der Waals surface area contributed by atoms with Gasteiger partial charge in [0, 0.05) is 77.4 Å². The lowest BCUT2D eigenvalue weighted by atomic mass is 9.95. The van der Waals surface area contributed by atoms with Crippen LogP contribution in [0.15, 0.2) is 99.8 Å². The minimum Gasteiger partial charge on any atom is -0.623 e. The summed E-state index contributed by atoms with van der Waals surface area (Å²) in [6.45, 7) is 43.7. The number of hydrogen-bond donors (Lipinski definition) is 2. The monoisotopic (exact) mass is 1470 g/mol. The molecule has 0 atom stereocenters. The molecule has 0 aliphatic heterocycles. The summed E-state index contributed by atoms with van der Waals surface area (Å²) in [6, 6.07) is 30.4. The first-order chi connectivity index (χ1) is 48.7. The van der Waals surface area contributed by atoms with E-state index in [2.05, 4.69) is 130 Å². The Bertz CT molecular complexity index is 4310. The highest BCUT2D eigenvalue weighted by molar-refractivity contribution is 6.95. The van der Waals surface area contributed by atoms with Gasteiger partial charge in [0.2, 0.25) is 11.8 Å². The summed E-state index contributed by atoms with van der Waals surface area (Å²) < 4.78 is 24.9. The molecule has 0 radical (unpaired) electrons. The summed E-state index contributed by atoms with van der Waals surface area (Å²) in [5.41, 5.74) is 12.5. The third-order valence-electron chi connectivity index (χ3n) is 22.6. The molecule has 104 heavy (non-hydrogen) atoms. The highest BCUT2D eigenvalue weighted by Gasteiger charge is 2.48. The number of aldehydes is 3. The molecule has 0 amide bonds. The topological polar surface area (TPSA) is 248 Å². The number of esters is 2. The number of furan rings is 2. The van der Waals surface area contributed by atoms with Crippen molar-refractivity contribution >= 4 is 101 Å². The molecule has 8 aliphatic carbocycles. The third kappa shape index (κ3) is 17.6. The number of fused-ring (bicyclic) bond motifs is 3. The van der Waals surface area contributed by atoms with Crippen LogP contribution in [0.1, 0.15) is 216 Å². The van der Waals surface area contributed by atoms with E-state index in [4.69, 9.17) is 37.5 Å². The summed E-state index contributed by atoms with van der Waals surface area (Å²) in [4.78, 5) is 94.8. The first-order valence-corrected chi connectivity index (χ1v) is 45.0. The van der Waals surface area contributed by atoms with Crippen molar-refractivity contribution in [2.75, 3.05) is 24.9 Å². The second-order valence-corrected chi connectivity index (χ2v) is 48.7. The minimum absolute atomic E-state index is 0.0130. The van der Waals surface area contributed by atoms with Crippen LogP contribution >= 0.6 is 0 Å². The molecule has 2 N–H and O–H groups in total. The molecule has 8 aliphatic rings. The van der Waals surface area contributed by atoms with E-state index in [1.54, 1.807) is 6.21 Å². The zero-order chi connectivity index (χ0) is 77.8. The van der Waals surface area contributed by atoms with Crippen LogP contribution in [-0.2, 0) is 28.7 Å². The van der Waals surface area contributed by atoms with Gasteiger partial charge in [-0.2, -0.15) is 19.2 Å². The van der Waals surface area contributed by atoms with Gasteiger partial charge in [-0.25, -0.2) is 14.3 Å². The highest BCUT2D eigenvalue weighted by Crippen LogP contribution is 2.50. The lowest BCUT2D eigenvalue weighted by molar-refractivity contribution is -0.530. The van der Waals surface area contributed by atoms with Crippen molar-refractivity contribution in [2.24, 2.45) is 0 Å². The van der Waals surface area contributed by atoms with Crippen molar-refractivity contribution in [2.45, 2.75) is 233 Å². The van der Waals surface area contributed by atoms with Crippen molar-refractivity contribution in [1.29, 1.82) is 0 Å². The molecule has 2 aromatic heterocycles. The van der Waals surface area contributed by atoms with Crippen LogP contribution in [-0.4, -0.2) is 110 Å². The maximum absolute atomic E-state index is 13.5. The number of nitrogens with one attached hydrogen (secondary N) is 2. The Kier molecular flexibility index (Phi) is 27.7. The van der Waals surface area contributed by atoms with Crippen LogP contribution in [0.2, 0.25) is 54.4 Å². The number of hydroxylamine groups is 1. The second kappa shape index (κ2) is 34.3. The van der Waals surface area contributed by atoms with Gasteiger partial charge >= 0.3 is 24.2 Å². The predicted molar refractivity (Wildman–Crippen MR) is 423 cm³/mol. The number of anilines is 2. The number of hydrogen-bond acceptors (Lipinski definition) is 16. The van der Waals surface area contributed by atoms with Gasteiger partial charge < -0.3 is 34.1 Å². The molecule has 2 fully saturated rings. The van der Waals surface area contributed by atoms with E-state index in [1.807, 2.05) is 107 Å². The fraction of sp³-hybridized carbons (Fsp3) is 0.452. The molecular weight excluding hydrogens is 1360 g/mol. The van der Waals surface area contributed by atoms with Gasteiger partial charge in [0.1, 0.15) is 22.6 Å². The summed E-state index contributed by atoms with van der Waals surface area (Å²) in [6.07, 6.45) is 16.5. The average Bonchev–Trinajstić information content (AvgIpc) is 1.57. The Morgan fingerprint density at radius 1 is 0.462 bits per heavy atom. The van der Waals surface area contributed by atoms with Gasteiger partial charge in [0.15, 0.2) is 30.6 Å². The molecule has 10 rings (SSSR count). The maximum Gasteiger partial charge on any atom is 0.373 e. The second-order valence-electron chi connectivity index (χ2n) is 33.0. The molecule has 0 aromatic carbocycles. The number of nitrogens with zero attached hydrogens (tertiary/aromatic N) is 1. The fourth-order valence-corrected chi connectivity index (χ4v) is 21.4. The summed E-state index contributed by atoms with van der Waals surface area (Å²) in [5, 5.41) is 23.9. The molecular formula is C84H109N3O14Si3. The van der Waals surface area contributed by atoms with Gasteiger partial charge in [-0.3, -0.25) is 14.4 Å². The van der Waals surface area contributed by atoms with Crippen LogP contribution in [0.25, 0.3) is 56.0 Å². The predicted octanol–water partition coefficient (Wildman–Crippen LogP) is 18.7. The quantitative estimate of drug-likeness (QED) is 0.0184. The van der Waals surface area contributed by atoms with Gasteiger partial charge in [-0.05, 0) is 104 Å². The molecule has 556 valence electrons. The molecule has 0 unspecified atom stereocenters. The van der Waals surface area contributed by atoms with Crippen LogP contribution in [0.5, 0.6) is 0 Å². The largest absolute Gasteiger partial charge is 0.623 e. The molecule has 0 spiro atoms. The number of carbonyl (C=O) groups excluding carboxylic acids is 9. The first-order valence-electron chi connectivity index (χ1n) is 36.0. The Morgan fingerprint density at radius 2 is 0.731 bits per heavy atom. The van der Waals surface area contributed by atoms with Crippen molar-refractivity contribution in [3.8, 4) is 56.0 Å². The summed E-state index contributed by atoms with van der Waals surface area (Å²) in [5.74, 6) is 1.47. The van der Waals surface area contributed by atoms with Gasteiger partial charge in [-0.1, -0.05) is 231 Å². The third-order valence-corrected chi connectivity index (χ3v) is 39.1. The van der Waals surface area contributed by atoms with Gasteiger partial charge in [0.25, 0.3) is 0 Å². The molecule has 2 heterocycles. The van der Waals surface area contributed by atoms with Gasteiger partial charge in [0.05, 0.1) is 38.4 Å². The van der Waals surface area contributed by atoms with E-state index in [-0.39, 0.29) is 39.5 Å². The van der Waals surface area contributed by atoms with E-state index in [0.29, 0.717) is 45.5 Å². The number of methoxy groups -OCH3 is 2. The molecule has 17 nitrogen and oxygen atoms in total. The smallest absolute Gasteiger partial charge is 0.373 e. The van der Waals surface area contributed by atoms with Crippen LogP contribution < -0.4 is 26.2 Å². The lowest BCUT2D eigenvalue weighted by Gasteiger charge is -2.38. The Balaban J connectivity index is 0.000000246.